The summed E-state index contributed by atoms with van der Waals surface area (Å²) in [7, 11) is 0. The van der Waals surface area contributed by atoms with Gasteiger partial charge in [0.15, 0.2) is 12.4 Å². The van der Waals surface area contributed by atoms with Crippen LogP contribution in [-0.4, -0.2) is 24.3 Å². The SMILES string of the molecule is CC(=O)c1cccc(NC(=O)COC(=O)Cc2ccc(C)cc2)c1. The lowest BCUT2D eigenvalue weighted by molar-refractivity contribution is -0.146. The number of aryl methyl sites for hydroxylation is 1. The number of anilines is 1. The molecular weight excluding hydrogens is 306 g/mol. The molecule has 2 rings (SSSR count). The number of hydrogen-bond acceptors (Lipinski definition) is 4. The van der Waals surface area contributed by atoms with Gasteiger partial charge in [-0.2, -0.15) is 0 Å². The molecule has 2 aromatic rings. The predicted molar refractivity (Wildman–Crippen MR) is 90.9 cm³/mol. The number of ether oxygens (including phenoxy) is 1. The number of Topliss-reactive ketones (excluding diaryl/α,β-unsaturated/α-hetero) is 1. The number of esters is 1. The lowest BCUT2D eigenvalue weighted by Gasteiger charge is -2.07. The number of carbonyl (C=O) groups is 3. The van der Waals surface area contributed by atoms with Crippen LogP contribution in [0.25, 0.3) is 0 Å². The molecule has 0 bridgehead atoms. The lowest BCUT2D eigenvalue weighted by Crippen LogP contribution is -2.21. The molecule has 0 fully saturated rings. The van der Waals surface area contributed by atoms with E-state index in [-0.39, 0.29) is 18.8 Å². The van der Waals surface area contributed by atoms with Crippen molar-refractivity contribution >= 4 is 23.3 Å². The Labute approximate surface area is 140 Å². The average Bonchev–Trinajstić information content (AvgIpc) is 2.55. The number of benzene rings is 2. The van der Waals surface area contributed by atoms with Gasteiger partial charge in [0.05, 0.1) is 6.42 Å². The van der Waals surface area contributed by atoms with Gasteiger partial charge in [0.1, 0.15) is 0 Å². The number of hydrogen-bond donors (Lipinski definition) is 1. The van der Waals surface area contributed by atoms with E-state index in [1.165, 1.54) is 6.92 Å². The number of carbonyl (C=O) groups excluding carboxylic acids is 3. The molecule has 1 amide bonds. The molecule has 0 radical (unpaired) electrons. The Balaban J connectivity index is 1.82. The van der Waals surface area contributed by atoms with E-state index in [2.05, 4.69) is 5.32 Å². The second-order valence-corrected chi connectivity index (χ2v) is 5.51. The van der Waals surface area contributed by atoms with Gasteiger partial charge < -0.3 is 10.1 Å². The van der Waals surface area contributed by atoms with Gasteiger partial charge in [0.25, 0.3) is 5.91 Å². The first kappa shape index (κ1) is 17.4. The van der Waals surface area contributed by atoms with E-state index in [1.807, 2.05) is 31.2 Å². The highest BCUT2D eigenvalue weighted by atomic mass is 16.5. The number of ketones is 1. The highest BCUT2D eigenvalue weighted by Gasteiger charge is 2.09. The van der Waals surface area contributed by atoms with Crippen LogP contribution in [0, 0.1) is 6.92 Å². The van der Waals surface area contributed by atoms with Crippen molar-refractivity contribution in [3.8, 4) is 0 Å². The quantitative estimate of drug-likeness (QED) is 0.655. The van der Waals surface area contributed by atoms with Crippen LogP contribution in [0.3, 0.4) is 0 Å². The number of amides is 1. The van der Waals surface area contributed by atoms with Gasteiger partial charge >= 0.3 is 5.97 Å². The minimum Gasteiger partial charge on any atom is -0.455 e. The van der Waals surface area contributed by atoms with Crippen LogP contribution in [0.4, 0.5) is 5.69 Å². The van der Waals surface area contributed by atoms with Crippen molar-refractivity contribution in [3.63, 3.8) is 0 Å². The molecule has 5 heteroatoms. The summed E-state index contributed by atoms with van der Waals surface area (Å²) < 4.78 is 4.97. The van der Waals surface area contributed by atoms with E-state index in [0.717, 1.165) is 11.1 Å². The molecule has 2 aromatic carbocycles. The molecular formula is C19H19NO4. The van der Waals surface area contributed by atoms with E-state index in [1.54, 1.807) is 24.3 Å². The smallest absolute Gasteiger partial charge is 0.310 e. The maximum atomic E-state index is 11.8. The lowest BCUT2D eigenvalue weighted by atomic mass is 10.1. The van der Waals surface area contributed by atoms with Crippen molar-refractivity contribution in [1.29, 1.82) is 0 Å². The van der Waals surface area contributed by atoms with E-state index >= 15 is 0 Å². The van der Waals surface area contributed by atoms with Crippen molar-refractivity contribution in [1.82, 2.24) is 0 Å². The zero-order chi connectivity index (χ0) is 17.5. The van der Waals surface area contributed by atoms with Gasteiger partial charge in [0.2, 0.25) is 0 Å². The molecule has 0 aromatic heterocycles. The van der Waals surface area contributed by atoms with Gasteiger partial charge in [-0.15, -0.1) is 0 Å². The average molecular weight is 325 g/mol. The van der Waals surface area contributed by atoms with Crippen LogP contribution in [0.15, 0.2) is 48.5 Å². The van der Waals surface area contributed by atoms with Crippen LogP contribution < -0.4 is 5.32 Å². The van der Waals surface area contributed by atoms with Crippen LogP contribution in [0.5, 0.6) is 0 Å². The monoisotopic (exact) mass is 325 g/mol. The van der Waals surface area contributed by atoms with E-state index in [0.29, 0.717) is 11.3 Å². The molecule has 0 saturated heterocycles. The zero-order valence-corrected chi connectivity index (χ0v) is 13.7. The van der Waals surface area contributed by atoms with Crippen molar-refractivity contribution in [3.05, 3.63) is 65.2 Å². The first-order chi connectivity index (χ1) is 11.4. The maximum absolute atomic E-state index is 11.8. The van der Waals surface area contributed by atoms with Crippen LogP contribution in [0.1, 0.15) is 28.4 Å². The third kappa shape index (κ3) is 5.35. The number of rotatable bonds is 6. The number of nitrogens with one attached hydrogen (secondary N) is 1. The normalized spacial score (nSPS) is 10.1. The topological polar surface area (TPSA) is 72.5 Å². The predicted octanol–water partition coefficient (Wildman–Crippen LogP) is 2.92. The fourth-order valence-electron chi connectivity index (χ4n) is 2.08. The van der Waals surface area contributed by atoms with E-state index < -0.39 is 11.9 Å². The van der Waals surface area contributed by atoms with Crippen molar-refractivity contribution in [2.45, 2.75) is 20.3 Å². The summed E-state index contributed by atoms with van der Waals surface area (Å²) in [6.07, 6.45) is 0.118. The molecule has 124 valence electrons. The molecule has 0 heterocycles. The van der Waals surface area contributed by atoms with Gasteiger partial charge in [-0.3, -0.25) is 14.4 Å². The summed E-state index contributed by atoms with van der Waals surface area (Å²) in [6, 6.07) is 14.1. The minimum atomic E-state index is -0.466. The standard InChI is InChI=1S/C19H19NO4/c1-13-6-8-15(9-7-13)10-19(23)24-12-18(22)20-17-5-3-4-16(11-17)14(2)21/h3-9,11H,10,12H2,1-2H3,(H,20,22). The molecule has 0 unspecified atom stereocenters. The third-order valence-electron chi connectivity index (χ3n) is 3.39. The van der Waals surface area contributed by atoms with Gasteiger partial charge in [-0.1, -0.05) is 42.0 Å². The first-order valence-corrected chi connectivity index (χ1v) is 7.56. The zero-order valence-electron chi connectivity index (χ0n) is 13.7. The highest BCUT2D eigenvalue weighted by molar-refractivity contribution is 5.97. The van der Waals surface area contributed by atoms with E-state index in [9.17, 15) is 14.4 Å². The Bertz CT molecular complexity index is 750. The molecule has 24 heavy (non-hydrogen) atoms. The highest BCUT2D eigenvalue weighted by Crippen LogP contribution is 2.11. The molecule has 0 aliphatic carbocycles. The third-order valence-corrected chi connectivity index (χ3v) is 3.39. The summed E-state index contributed by atoms with van der Waals surface area (Å²) in [5.41, 5.74) is 2.94. The Hall–Kier alpha value is -2.95. The Morgan fingerprint density at radius 2 is 1.75 bits per heavy atom. The summed E-state index contributed by atoms with van der Waals surface area (Å²) in [4.78, 5) is 34.9. The van der Waals surface area contributed by atoms with Crippen LogP contribution in [-0.2, 0) is 20.7 Å². The van der Waals surface area contributed by atoms with Gasteiger partial charge in [-0.25, -0.2) is 0 Å². The fraction of sp³-hybridized carbons (Fsp3) is 0.211. The Morgan fingerprint density at radius 3 is 2.42 bits per heavy atom. The Morgan fingerprint density at radius 1 is 1.04 bits per heavy atom. The molecule has 0 spiro atoms. The van der Waals surface area contributed by atoms with Crippen LogP contribution in [0.2, 0.25) is 0 Å². The van der Waals surface area contributed by atoms with Crippen molar-refractivity contribution in [2.24, 2.45) is 0 Å². The Kier molecular flexibility index (Phi) is 5.84. The molecule has 0 atom stereocenters. The molecule has 1 N–H and O–H groups in total. The second kappa shape index (κ2) is 8.06. The summed E-state index contributed by atoms with van der Waals surface area (Å²) in [6.45, 7) is 3.05. The second-order valence-electron chi connectivity index (χ2n) is 5.51. The summed E-state index contributed by atoms with van der Waals surface area (Å²) in [5.74, 6) is -1.00. The van der Waals surface area contributed by atoms with Crippen molar-refractivity contribution < 1.29 is 19.1 Å². The maximum Gasteiger partial charge on any atom is 0.310 e. The minimum absolute atomic E-state index is 0.0874. The molecule has 5 nitrogen and oxygen atoms in total. The summed E-state index contributed by atoms with van der Waals surface area (Å²) >= 11 is 0. The van der Waals surface area contributed by atoms with Crippen molar-refractivity contribution in [2.75, 3.05) is 11.9 Å². The first-order valence-electron chi connectivity index (χ1n) is 7.56. The van der Waals surface area contributed by atoms with Gasteiger partial charge in [0, 0.05) is 11.3 Å². The van der Waals surface area contributed by atoms with Crippen LogP contribution >= 0.6 is 0 Å². The van der Waals surface area contributed by atoms with Gasteiger partial charge in [-0.05, 0) is 31.5 Å². The van der Waals surface area contributed by atoms with E-state index in [4.69, 9.17) is 4.74 Å². The summed E-state index contributed by atoms with van der Waals surface area (Å²) in [5, 5.41) is 2.60. The molecule has 0 aliphatic rings. The fourth-order valence-corrected chi connectivity index (χ4v) is 2.08. The molecule has 0 saturated carbocycles. The molecule has 0 aliphatic heterocycles. The largest absolute Gasteiger partial charge is 0.455 e.